The van der Waals surface area contributed by atoms with Gasteiger partial charge in [-0.05, 0) is 12.3 Å². The summed E-state index contributed by atoms with van der Waals surface area (Å²) in [6.07, 6.45) is -4.67. The third kappa shape index (κ3) is 14800. The van der Waals surface area contributed by atoms with E-state index in [2.05, 4.69) is 0 Å². The van der Waals surface area contributed by atoms with Gasteiger partial charge in [-0.15, -0.1) is 0 Å². The molecule has 0 fully saturated rings. The van der Waals surface area contributed by atoms with Crippen LogP contribution >= 0.6 is 0 Å². The fourth-order valence-electron chi connectivity index (χ4n) is 0. The zero-order valence-electron chi connectivity index (χ0n) is 3.95. The summed E-state index contributed by atoms with van der Waals surface area (Å²) in [5.41, 5.74) is 0. The first kappa shape index (κ1) is 15.9. The van der Waals surface area contributed by atoms with Gasteiger partial charge in [0.2, 0.25) is 0 Å². The van der Waals surface area contributed by atoms with E-state index in [9.17, 15) is 0 Å². The summed E-state index contributed by atoms with van der Waals surface area (Å²) in [5, 5.41) is 33.3. The van der Waals surface area contributed by atoms with E-state index in [0.29, 0.717) is 0 Å². The van der Waals surface area contributed by atoms with Crippen molar-refractivity contribution in [2.45, 2.75) is 0 Å². The summed E-state index contributed by atoms with van der Waals surface area (Å²) in [6, 6.07) is 0. The fourth-order valence-corrected chi connectivity index (χ4v) is 0. The normalized spacial score (nSPS) is 5.33. The standard InChI is InChI=1S/2CH2O3.Th/c2*2-1(3)4;/h2*(H2,2,3,4);/p-4. The SMILES string of the molecule is O=C([O-])[O-].O=C([O-])[O-].[Th]. The van der Waals surface area contributed by atoms with Crippen molar-refractivity contribution in [1.82, 2.24) is 0 Å². The Morgan fingerprint density at radius 3 is 0.778 bits per heavy atom. The van der Waals surface area contributed by atoms with E-state index in [4.69, 9.17) is 30.0 Å². The molecule has 0 aliphatic heterocycles. The average Bonchev–Trinajstić information content (AvgIpc) is 1.25. The summed E-state index contributed by atoms with van der Waals surface area (Å²) in [5.74, 6) is 0. The van der Waals surface area contributed by atoms with E-state index in [-0.39, 0.29) is 39.9 Å². The van der Waals surface area contributed by atoms with Crippen LogP contribution in [-0.2, 0) is 0 Å². The Labute approximate surface area is 81.8 Å². The number of hydrogen-bond acceptors (Lipinski definition) is 6. The molecule has 0 rings (SSSR count). The van der Waals surface area contributed by atoms with Gasteiger partial charge < -0.3 is 30.0 Å². The van der Waals surface area contributed by atoms with Crippen molar-refractivity contribution in [3.05, 3.63) is 0 Å². The fraction of sp³-hybridized carbons (Fsp3) is 0. The molecule has 0 aromatic carbocycles. The second-order valence-electron chi connectivity index (χ2n) is 0.500. The third-order valence-electron chi connectivity index (χ3n) is 0. The molecule has 9 heavy (non-hydrogen) atoms. The summed E-state index contributed by atoms with van der Waals surface area (Å²) >= 11 is 0. The van der Waals surface area contributed by atoms with Gasteiger partial charge in [0, 0.05) is 39.9 Å². The van der Waals surface area contributed by atoms with Crippen LogP contribution in [0, 0.1) is 39.9 Å². The van der Waals surface area contributed by atoms with Crippen LogP contribution < -0.4 is 20.4 Å². The van der Waals surface area contributed by atoms with Gasteiger partial charge in [0.05, 0.1) is 0 Å². The minimum absolute atomic E-state index is 0. The molecule has 0 bridgehead atoms. The first-order valence-electron chi connectivity index (χ1n) is 1.22. The number of carboxylic acid groups (broad SMARTS) is 4. The Hall–Kier alpha value is -0.135. The zero-order chi connectivity index (χ0) is 7.15. The molecule has 0 atom stereocenters. The molecule has 0 aliphatic carbocycles. The molecule has 0 radical (unpaired) electrons. The molecule has 0 saturated carbocycles. The van der Waals surface area contributed by atoms with Crippen LogP contribution in [0.3, 0.4) is 0 Å². The maximum Gasteiger partial charge on any atom is 0 e. The zero-order valence-corrected chi connectivity index (χ0v) is 8.06. The van der Waals surface area contributed by atoms with Gasteiger partial charge in [0.15, 0.2) is 0 Å². The molecular weight excluding hydrogens is 352 g/mol. The van der Waals surface area contributed by atoms with E-state index >= 15 is 0 Å². The molecular formula is C2O6Th-4. The third-order valence-corrected chi connectivity index (χ3v) is 0. The van der Waals surface area contributed by atoms with Gasteiger partial charge in [-0.1, -0.05) is 0 Å². The van der Waals surface area contributed by atoms with Gasteiger partial charge in [0.25, 0.3) is 0 Å². The molecule has 52 valence electrons. The van der Waals surface area contributed by atoms with E-state index in [1.165, 1.54) is 0 Å². The van der Waals surface area contributed by atoms with Crippen molar-refractivity contribution >= 4 is 12.3 Å². The van der Waals surface area contributed by atoms with Crippen LogP contribution in [0.4, 0.5) is 9.59 Å². The first-order valence-corrected chi connectivity index (χ1v) is 1.22. The Kier molecular flexibility index (Phi) is 19.1. The molecule has 0 unspecified atom stereocenters. The second kappa shape index (κ2) is 10.8. The minimum atomic E-state index is -2.33. The predicted octanol–water partition coefficient (Wildman–Crippen LogP) is -4.89. The molecule has 7 heteroatoms. The smallest absolute Gasteiger partial charge is 0 e. The van der Waals surface area contributed by atoms with Crippen molar-refractivity contribution in [3.63, 3.8) is 0 Å². The summed E-state index contributed by atoms with van der Waals surface area (Å²) in [6.45, 7) is 0. The van der Waals surface area contributed by atoms with Crippen molar-refractivity contribution in [1.29, 1.82) is 0 Å². The van der Waals surface area contributed by atoms with Gasteiger partial charge in [0.1, 0.15) is 0 Å². The molecule has 0 spiro atoms. The Morgan fingerprint density at radius 1 is 0.778 bits per heavy atom. The topological polar surface area (TPSA) is 126 Å². The Balaban J connectivity index is -0.0000000720. The van der Waals surface area contributed by atoms with E-state index < -0.39 is 12.3 Å². The van der Waals surface area contributed by atoms with Crippen LogP contribution in [-0.4, -0.2) is 12.3 Å². The minimum Gasteiger partial charge on any atom is -0.652 e. The largest absolute Gasteiger partial charge is 0.652 e. The van der Waals surface area contributed by atoms with Crippen molar-refractivity contribution in [3.8, 4) is 0 Å². The molecule has 0 N–H and O–H groups in total. The van der Waals surface area contributed by atoms with Crippen LogP contribution in [0.15, 0.2) is 0 Å². The monoisotopic (exact) mass is 352 g/mol. The molecule has 0 heterocycles. The van der Waals surface area contributed by atoms with Crippen LogP contribution in [0.25, 0.3) is 0 Å². The number of rotatable bonds is 0. The molecule has 0 aromatic rings. The number of carbonyl (C=O) groups excluding carboxylic acids is 2. The van der Waals surface area contributed by atoms with Crippen molar-refractivity contribution in [2.75, 3.05) is 0 Å². The summed E-state index contributed by atoms with van der Waals surface area (Å²) in [4.78, 5) is 16.7. The van der Waals surface area contributed by atoms with E-state index in [1.54, 1.807) is 0 Å². The first-order chi connectivity index (χ1) is 3.46. The second-order valence-corrected chi connectivity index (χ2v) is 0.500. The average molecular weight is 352 g/mol. The van der Waals surface area contributed by atoms with Crippen molar-refractivity contribution in [2.24, 2.45) is 0 Å². The van der Waals surface area contributed by atoms with Crippen LogP contribution in [0.5, 0.6) is 0 Å². The summed E-state index contributed by atoms with van der Waals surface area (Å²) < 4.78 is 0. The van der Waals surface area contributed by atoms with Gasteiger partial charge >= 0.3 is 0 Å². The molecule has 0 aromatic heterocycles. The molecule has 0 amide bonds. The van der Waals surface area contributed by atoms with Crippen LogP contribution in [0.1, 0.15) is 0 Å². The van der Waals surface area contributed by atoms with Crippen LogP contribution in [0.2, 0.25) is 0 Å². The van der Waals surface area contributed by atoms with Crippen molar-refractivity contribution < 1.29 is 70.0 Å². The van der Waals surface area contributed by atoms with E-state index in [1.807, 2.05) is 0 Å². The maximum atomic E-state index is 8.33. The maximum absolute atomic E-state index is 8.33. The van der Waals surface area contributed by atoms with Gasteiger partial charge in [-0.25, -0.2) is 0 Å². The van der Waals surface area contributed by atoms with Gasteiger partial charge in [-0.3, -0.25) is 0 Å². The Bertz CT molecular complexity index is 69.1. The molecule has 6 nitrogen and oxygen atoms in total. The summed E-state index contributed by atoms with van der Waals surface area (Å²) in [7, 11) is 0. The molecule has 0 aliphatic rings. The Morgan fingerprint density at radius 2 is 0.778 bits per heavy atom. The van der Waals surface area contributed by atoms with Gasteiger partial charge in [-0.2, -0.15) is 0 Å². The number of carbonyl (C=O) groups is 2. The quantitative estimate of drug-likeness (QED) is 0.430. The molecule has 0 saturated heterocycles. The predicted molar refractivity (Wildman–Crippen MR) is 10.8 cm³/mol. The number of hydrogen-bond donors (Lipinski definition) is 0. The van der Waals surface area contributed by atoms with E-state index in [0.717, 1.165) is 0 Å².